The van der Waals surface area contributed by atoms with Crippen molar-refractivity contribution in [2.45, 2.75) is 4.90 Å². The lowest BCUT2D eigenvalue weighted by atomic mass is 10.2. The minimum atomic E-state index is -3.50. The zero-order valence-electron chi connectivity index (χ0n) is 11.1. The second-order valence-corrected chi connectivity index (χ2v) is 6.47. The third-order valence-electron chi connectivity index (χ3n) is 2.78. The van der Waals surface area contributed by atoms with Crippen LogP contribution in [-0.4, -0.2) is 19.6 Å². The van der Waals surface area contributed by atoms with Crippen molar-refractivity contribution in [3.63, 3.8) is 0 Å². The lowest BCUT2D eigenvalue weighted by Gasteiger charge is -2.08. The monoisotopic (exact) mass is 307 g/mol. The van der Waals surface area contributed by atoms with Gasteiger partial charge in [-0.05, 0) is 36.4 Å². The zero-order valence-corrected chi connectivity index (χ0v) is 11.9. The zero-order chi connectivity index (χ0) is 15.6. The molecule has 0 aliphatic heterocycles. The van der Waals surface area contributed by atoms with Crippen molar-refractivity contribution in [1.82, 2.24) is 0 Å². The van der Waals surface area contributed by atoms with E-state index in [4.69, 9.17) is 5.73 Å². The van der Waals surface area contributed by atoms with Gasteiger partial charge in [-0.25, -0.2) is 8.42 Å². The summed E-state index contributed by atoms with van der Waals surface area (Å²) >= 11 is 0. The average Bonchev–Trinajstić information content (AvgIpc) is 2.40. The molecule has 110 valence electrons. The number of anilines is 3. The molecule has 0 aliphatic carbocycles. The fraction of sp³-hybridized carbons (Fsp3) is 0.0769. The first-order valence-electron chi connectivity index (χ1n) is 5.88. The Bertz CT molecular complexity index is 786. The van der Waals surface area contributed by atoms with Crippen molar-refractivity contribution in [3.8, 4) is 0 Å². The SMILES string of the molecule is CS(=O)(=O)c1ccc(Nc2ccc(N)cc2)c([N+](=O)[O-])c1. The predicted octanol–water partition coefficient (Wildman–Crippen LogP) is 2.32. The maximum atomic E-state index is 11.5. The van der Waals surface area contributed by atoms with E-state index >= 15 is 0 Å². The molecule has 0 aliphatic rings. The van der Waals surface area contributed by atoms with Gasteiger partial charge in [0.15, 0.2) is 9.84 Å². The summed E-state index contributed by atoms with van der Waals surface area (Å²) in [5.41, 5.74) is 6.64. The van der Waals surface area contributed by atoms with Crippen molar-refractivity contribution in [2.24, 2.45) is 0 Å². The number of nitrogens with two attached hydrogens (primary N) is 1. The molecule has 2 rings (SSSR count). The van der Waals surface area contributed by atoms with Crippen LogP contribution in [0.15, 0.2) is 47.4 Å². The number of nitro benzene ring substituents is 1. The molecule has 2 aromatic rings. The summed E-state index contributed by atoms with van der Waals surface area (Å²) in [6, 6.07) is 10.4. The molecule has 0 radical (unpaired) electrons. The lowest BCUT2D eigenvalue weighted by Crippen LogP contribution is -2.02. The normalized spacial score (nSPS) is 11.1. The van der Waals surface area contributed by atoms with Crippen LogP contribution in [0.1, 0.15) is 0 Å². The Balaban J connectivity index is 2.44. The van der Waals surface area contributed by atoms with E-state index in [1.54, 1.807) is 24.3 Å². The first-order chi connectivity index (χ1) is 9.77. The van der Waals surface area contributed by atoms with Gasteiger partial charge < -0.3 is 11.1 Å². The van der Waals surface area contributed by atoms with E-state index in [-0.39, 0.29) is 16.3 Å². The molecule has 8 heteroatoms. The number of nitrogen functional groups attached to an aromatic ring is 1. The number of nitro groups is 1. The van der Waals surface area contributed by atoms with E-state index in [2.05, 4.69) is 5.32 Å². The van der Waals surface area contributed by atoms with E-state index in [9.17, 15) is 18.5 Å². The molecule has 0 atom stereocenters. The summed E-state index contributed by atoms with van der Waals surface area (Å²) in [4.78, 5) is 10.4. The molecule has 2 aromatic carbocycles. The van der Waals surface area contributed by atoms with Gasteiger partial charge >= 0.3 is 0 Å². The maximum absolute atomic E-state index is 11.5. The first-order valence-corrected chi connectivity index (χ1v) is 7.77. The molecule has 21 heavy (non-hydrogen) atoms. The van der Waals surface area contributed by atoms with E-state index in [1.807, 2.05) is 0 Å². The number of nitrogens with one attached hydrogen (secondary N) is 1. The van der Waals surface area contributed by atoms with Crippen LogP contribution in [0.2, 0.25) is 0 Å². The van der Waals surface area contributed by atoms with Crippen molar-refractivity contribution < 1.29 is 13.3 Å². The molecule has 0 aromatic heterocycles. The highest BCUT2D eigenvalue weighted by Crippen LogP contribution is 2.30. The Morgan fingerprint density at radius 1 is 1.14 bits per heavy atom. The van der Waals surface area contributed by atoms with Crippen molar-refractivity contribution in [3.05, 3.63) is 52.6 Å². The Hall–Kier alpha value is -2.61. The standard InChI is InChI=1S/C13H13N3O4S/c1-21(19,20)11-6-7-12(13(8-11)16(17)18)15-10-4-2-9(14)3-5-10/h2-8,15H,14H2,1H3. The summed E-state index contributed by atoms with van der Waals surface area (Å²) in [6.45, 7) is 0. The van der Waals surface area contributed by atoms with Crippen molar-refractivity contribution in [1.29, 1.82) is 0 Å². The molecular formula is C13H13N3O4S. The molecule has 0 saturated heterocycles. The van der Waals surface area contributed by atoms with E-state index in [1.165, 1.54) is 12.1 Å². The molecule has 0 amide bonds. The molecule has 0 unspecified atom stereocenters. The van der Waals surface area contributed by atoms with Gasteiger partial charge in [0.1, 0.15) is 5.69 Å². The van der Waals surface area contributed by atoms with Gasteiger partial charge in [-0.2, -0.15) is 0 Å². The molecule has 0 spiro atoms. The van der Waals surface area contributed by atoms with Crippen LogP contribution < -0.4 is 11.1 Å². The van der Waals surface area contributed by atoms with Crippen LogP contribution in [0.5, 0.6) is 0 Å². The van der Waals surface area contributed by atoms with Crippen molar-refractivity contribution in [2.75, 3.05) is 17.3 Å². The van der Waals surface area contributed by atoms with Gasteiger partial charge in [0.05, 0.1) is 9.82 Å². The summed E-state index contributed by atoms with van der Waals surface area (Å²) in [6.07, 6.45) is 0.999. The summed E-state index contributed by atoms with van der Waals surface area (Å²) in [5, 5.41) is 14.0. The van der Waals surface area contributed by atoms with E-state index in [0.717, 1.165) is 12.3 Å². The number of hydrogen-bond donors (Lipinski definition) is 2. The van der Waals surface area contributed by atoms with Crippen LogP contribution in [0, 0.1) is 10.1 Å². The molecular weight excluding hydrogens is 294 g/mol. The second-order valence-electron chi connectivity index (χ2n) is 4.46. The lowest BCUT2D eigenvalue weighted by molar-refractivity contribution is -0.384. The summed E-state index contributed by atoms with van der Waals surface area (Å²) < 4.78 is 22.9. The Kier molecular flexibility index (Phi) is 3.81. The molecule has 0 saturated carbocycles. The van der Waals surface area contributed by atoms with Crippen LogP contribution in [-0.2, 0) is 9.84 Å². The molecule has 0 bridgehead atoms. The van der Waals surface area contributed by atoms with Crippen LogP contribution in [0.25, 0.3) is 0 Å². The second kappa shape index (κ2) is 5.41. The van der Waals surface area contributed by atoms with Gasteiger partial charge in [-0.1, -0.05) is 0 Å². The van der Waals surface area contributed by atoms with Crippen LogP contribution in [0.4, 0.5) is 22.7 Å². The fourth-order valence-electron chi connectivity index (χ4n) is 1.72. The Morgan fingerprint density at radius 2 is 1.76 bits per heavy atom. The third kappa shape index (κ3) is 3.48. The van der Waals surface area contributed by atoms with Gasteiger partial charge in [-0.15, -0.1) is 0 Å². The average molecular weight is 307 g/mol. The van der Waals surface area contributed by atoms with E-state index in [0.29, 0.717) is 11.4 Å². The molecule has 3 N–H and O–H groups in total. The number of benzene rings is 2. The smallest absolute Gasteiger partial charge is 0.293 e. The molecule has 7 nitrogen and oxygen atoms in total. The Morgan fingerprint density at radius 3 is 2.29 bits per heavy atom. The fourth-order valence-corrected chi connectivity index (χ4v) is 2.36. The minimum absolute atomic E-state index is 0.0999. The number of nitrogens with zero attached hydrogens (tertiary/aromatic N) is 1. The van der Waals surface area contributed by atoms with Crippen LogP contribution in [0.3, 0.4) is 0 Å². The summed E-state index contributed by atoms with van der Waals surface area (Å²) in [5.74, 6) is 0. The van der Waals surface area contributed by atoms with Gasteiger partial charge in [0, 0.05) is 23.7 Å². The number of sulfone groups is 1. The highest BCUT2D eigenvalue weighted by molar-refractivity contribution is 7.90. The van der Waals surface area contributed by atoms with Crippen LogP contribution >= 0.6 is 0 Å². The maximum Gasteiger partial charge on any atom is 0.293 e. The molecule has 0 heterocycles. The first kappa shape index (κ1) is 14.8. The van der Waals surface area contributed by atoms with Gasteiger partial charge in [0.2, 0.25) is 0 Å². The van der Waals surface area contributed by atoms with Crippen molar-refractivity contribution >= 4 is 32.6 Å². The minimum Gasteiger partial charge on any atom is -0.399 e. The van der Waals surface area contributed by atoms with E-state index < -0.39 is 14.8 Å². The highest BCUT2D eigenvalue weighted by Gasteiger charge is 2.18. The topological polar surface area (TPSA) is 115 Å². The summed E-state index contributed by atoms with van der Waals surface area (Å²) in [7, 11) is -3.50. The largest absolute Gasteiger partial charge is 0.399 e. The Labute approximate surface area is 121 Å². The molecule has 0 fully saturated rings. The number of hydrogen-bond acceptors (Lipinski definition) is 6. The highest BCUT2D eigenvalue weighted by atomic mass is 32.2. The van der Waals surface area contributed by atoms with Gasteiger partial charge in [0.25, 0.3) is 5.69 Å². The quantitative estimate of drug-likeness (QED) is 0.509. The number of rotatable bonds is 4. The van der Waals surface area contributed by atoms with Gasteiger partial charge in [-0.3, -0.25) is 10.1 Å². The third-order valence-corrected chi connectivity index (χ3v) is 3.89. The predicted molar refractivity (Wildman–Crippen MR) is 80.3 cm³/mol.